The molecule has 32 nitrogen and oxygen atoms in total. The van der Waals surface area contributed by atoms with Crippen molar-refractivity contribution >= 4 is 116 Å². The molecule has 138 heavy (non-hydrogen) atoms. The second-order valence-electron chi connectivity index (χ2n) is 43.7. The summed E-state index contributed by atoms with van der Waals surface area (Å²) >= 11 is 4.80. The molecule has 12 N–H and O–H groups in total. The largest absolute Gasteiger partial charge is 0.391 e. The molecule has 0 aromatic carbocycles. The van der Waals surface area contributed by atoms with Crippen LogP contribution in [0.2, 0.25) is 0 Å². The molecule has 6 aliphatic rings. The molecule has 0 radical (unpaired) electrons. The van der Waals surface area contributed by atoms with E-state index in [4.69, 9.17) is 0 Å². The van der Waals surface area contributed by atoms with Crippen LogP contribution in [-0.4, -0.2) is 249 Å². The molecule has 0 spiro atoms. The predicted octanol–water partition coefficient (Wildman–Crippen LogP) is 17.0. The average Bonchev–Trinajstić information content (AvgIpc) is 1.66. The standard InChI is InChI=1S/2C26H39N5O3S.2C25H35N5O3S/c2*1-15-12-19(28-14-25(4,5)6)27-13-18(15)21-20(24(33)31-11-9-10-16(31)2)30-23(35-21)22(32)29-17(3)26(7,8)34;2*1-14-12-19(29-25(3,4)5)26-13-16(14)21-20(24(33)30-11-7-8-15(30)2)28-23(34-21)22(32)27-17-9-6-10-18(17)31/h2*12-13,16-17,34H,9-11,14H2,1-8H3,(H,27,28)(H,29,32);2*12-13,15,17-18,31H,6-11H2,1-5H3,(H,26,29)(H,27,32)/t16-,17+;16-,17-;15-,17?,18?;15-,17-,18-/m0000/s1. The number of aliphatic hydroxyl groups is 4. The maximum absolute atomic E-state index is 13.5. The number of hydrogen-bond donors (Lipinski definition) is 12. The Morgan fingerprint density at radius 3 is 0.826 bits per heavy atom. The number of anilines is 4. The van der Waals surface area contributed by atoms with Crippen LogP contribution in [0.4, 0.5) is 23.3 Å². The highest BCUT2D eigenvalue weighted by molar-refractivity contribution is 7.18. The average molecular weight is 1970 g/mol. The van der Waals surface area contributed by atoms with E-state index in [-0.39, 0.29) is 125 Å². The summed E-state index contributed by atoms with van der Waals surface area (Å²) in [5.74, 6) is 0.925. The highest BCUT2D eigenvalue weighted by Crippen LogP contribution is 2.42. The van der Waals surface area contributed by atoms with E-state index in [0.717, 1.165) is 158 Å². The van der Waals surface area contributed by atoms with Crippen LogP contribution in [0.5, 0.6) is 0 Å². The van der Waals surface area contributed by atoms with E-state index in [1.165, 1.54) is 45.3 Å². The fourth-order valence-electron chi connectivity index (χ4n) is 17.0. The summed E-state index contributed by atoms with van der Waals surface area (Å²) in [6.07, 6.45) is 18.2. The molecule has 0 bridgehead atoms. The summed E-state index contributed by atoms with van der Waals surface area (Å²) in [5, 5.41) is 66.5. The first-order chi connectivity index (χ1) is 64.4. The van der Waals surface area contributed by atoms with Crippen LogP contribution in [0.1, 0.15) is 346 Å². The number of thiazole rings is 4. The fourth-order valence-corrected chi connectivity index (χ4v) is 21.1. The van der Waals surface area contributed by atoms with E-state index in [1.54, 1.807) is 66.3 Å². The Balaban J connectivity index is 0.000000176. The highest BCUT2D eigenvalue weighted by atomic mass is 32.1. The molecule has 14 rings (SSSR count). The van der Waals surface area contributed by atoms with E-state index in [0.29, 0.717) is 69.9 Å². The van der Waals surface area contributed by atoms with Gasteiger partial charge in [-0.05, 0) is 286 Å². The van der Waals surface area contributed by atoms with Crippen molar-refractivity contribution in [3.8, 4) is 41.8 Å². The number of aryl methyl sites for hydroxylation is 4. The van der Waals surface area contributed by atoms with Gasteiger partial charge in [0.2, 0.25) is 0 Å². The van der Waals surface area contributed by atoms with Crippen LogP contribution >= 0.6 is 45.3 Å². The Bertz CT molecular complexity index is 5350. The Labute approximate surface area is 830 Å². The van der Waals surface area contributed by atoms with E-state index >= 15 is 0 Å². The number of nitrogens with one attached hydrogen (secondary N) is 8. The van der Waals surface area contributed by atoms with Crippen molar-refractivity contribution in [2.45, 2.75) is 353 Å². The summed E-state index contributed by atoms with van der Waals surface area (Å²) in [6.45, 7) is 55.8. The van der Waals surface area contributed by atoms with Gasteiger partial charge in [0.1, 0.15) is 46.0 Å². The minimum atomic E-state index is -1.09. The van der Waals surface area contributed by atoms with E-state index in [1.807, 2.05) is 99.3 Å². The fraction of sp³-hybridized carbons (Fsp3) is 0.608. The molecule has 8 aromatic heterocycles. The normalized spacial score (nSPS) is 20.0. The van der Waals surface area contributed by atoms with Crippen molar-refractivity contribution in [1.82, 2.24) is 80.7 Å². The first kappa shape index (κ1) is 108. The second-order valence-corrected chi connectivity index (χ2v) is 47.7. The summed E-state index contributed by atoms with van der Waals surface area (Å²) in [6, 6.07) is 6.87. The topological polar surface area (TPSA) is 430 Å². The van der Waals surface area contributed by atoms with Gasteiger partial charge >= 0.3 is 0 Å². The molecule has 6 fully saturated rings. The van der Waals surface area contributed by atoms with Crippen molar-refractivity contribution in [1.29, 1.82) is 0 Å². The van der Waals surface area contributed by atoms with Crippen LogP contribution in [0, 0.1) is 38.5 Å². The predicted molar refractivity (Wildman–Crippen MR) is 551 cm³/mol. The Kier molecular flexibility index (Phi) is 35.2. The van der Waals surface area contributed by atoms with Gasteiger partial charge in [-0.25, -0.2) is 39.9 Å². The summed E-state index contributed by atoms with van der Waals surface area (Å²) < 4.78 is 0. The van der Waals surface area contributed by atoms with E-state index in [9.17, 15) is 58.8 Å². The molecule has 2 aliphatic carbocycles. The maximum atomic E-state index is 13.5. The van der Waals surface area contributed by atoms with Crippen LogP contribution in [0.15, 0.2) is 49.1 Å². The summed E-state index contributed by atoms with van der Waals surface area (Å²) in [4.78, 5) is 153. The highest BCUT2D eigenvalue weighted by Gasteiger charge is 2.41. The number of carbonyl (C=O) groups is 8. The smallest absolute Gasteiger partial charge is 0.280 e. The Morgan fingerprint density at radius 2 is 0.616 bits per heavy atom. The molecule has 10 atom stereocenters. The van der Waals surface area contributed by atoms with Gasteiger partial charge in [-0.3, -0.25) is 38.4 Å². The SMILES string of the molecule is Cc1cc(NC(C)(C)C)ncc1-c1sc(C(=O)NC2CCCC2O)nc1C(=O)N1CCC[C@@H]1C.Cc1cc(NC(C)(C)C)ncc1-c1sc(C(=O)N[C@H]2CCC[C@@H]2O)nc1C(=O)N1CCC[C@@H]1C.Cc1cc(NCC(C)(C)C)ncc1-c1sc(C(=O)N[C@@H](C)C(C)(C)O)nc1C(=O)N1CCC[C@@H]1C.Cc1cc(NCC(C)(C)C)ncc1-c1sc(C(=O)N[C@H](C)C(C)(C)O)nc1C(=O)N1CCC[C@@H]1C. The lowest BCUT2D eigenvalue weighted by Gasteiger charge is -2.26. The van der Waals surface area contributed by atoms with Gasteiger partial charge in [0.05, 0.1) is 67.1 Å². The number of likely N-dealkylation sites (tertiary alicyclic amines) is 4. The lowest BCUT2D eigenvalue weighted by Crippen LogP contribution is -2.47. The molecule has 36 heteroatoms. The number of carbonyl (C=O) groups excluding carboxylic acids is 8. The number of pyridine rings is 4. The molecule has 752 valence electrons. The Morgan fingerprint density at radius 1 is 0.370 bits per heavy atom. The number of aliphatic hydroxyl groups excluding tert-OH is 2. The molecule has 4 saturated heterocycles. The minimum Gasteiger partial charge on any atom is -0.391 e. The molecule has 8 amide bonds. The zero-order valence-electron chi connectivity index (χ0n) is 85.6. The molecule has 12 heterocycles. The molecule has 2 unspecified atom stereocenters. The zero-order chi connectivity index (χ0) is 101. The van der Waals surface area contributed by atoms with Gasteiger partial charge in [-0.2, -0.15) is 0 Å². The first-order valence-corrected chi connectivity index (χ1v) is 51.9. The van der Waals surface area contributed by atoms with E-state index < -0.39 is 47.3 Å². The van der Waals surface area contributed by atoms with Gasteiger partial charge in [-0.1, -0.05) is 41.5 Å². The van der Waals surface area contributed by atoms with Gasteiger partial charge in [0.15, 0.2) is 20.0 Å². The van der Waals surface area contributed by atoms with Crippen molar-refractivity contribution < 1.29 is 58.8 Å². The van der Waals surface area contributed by atoms with Crippen LogP contribution in [-0.2, 0) is 0 Å². The summed E-state index contributed by atoms with van der Waals surface area (Å²) in [7, 11) is 0. The van der Waals surface area contributed by atoms with Crippen molar-refractivity contribution in [2.24, 2.45) is 10.8 Å². The first-order valence-electron chi connectivity index (χ1n) is 48.6. The molecule has 8 aromatic rings. The van der Waals surface area contributed by atoms with Gasteiger partial charge < -0.3 is 82.6 Å². The quantitative estimate of drug-likeness (QED) is 0.0267. The van der Waals surface area contributed by atoms with Crippen LogP contribution in [0.25, 0.3) is 41.8 Å². The van der Waals surface area contributed by atoms with Crippen molar-refractivity contribution in [3.63, 3.8) is 0 Å². The monoisotopic (exact) mass is 1970 g/mol. The van der Waals surface area contributed by atoms with E-state index in [2.05, 4.69) is 165 Å². The van der Waals surface area contributed by atoms with Crippen LogP contribution < -0.4 is 42.5 Å². The summed E-state index contributed by atoms with van der Waals surface area (Å²) in [5.41, 5.74) is 5.92. The second kappa shape index (κ2) is 44.8. The number of aromatic nitrogens is 8. The lowest BCUT2D eigenvalue weighted by atomic mass is 9.97. The van der Waals surface area contributed by atoms with Crippen LogP contribution in [0.3, 0.4) is 0 Å². The maximum Gasteiger partial charge on any atom is 0.280 e. The van der Waals surface area contributed by atoms with Gasteiger partial charge in [0, 0.05) is 122 Å². The number of hydrogen-bond acceptors (Lipinski definition) is 28. The zero-order valence-corrected chi connectivity index (χ0v) is 88.9. The lowest BCUT2D eigenvalue weighted by molar-refractivity contribution is 0.0408. The van der Waals surface area contributed by atoms with Gasteiger partial charge in [0.25, 0.3) is 47.3 Å². The molecule has 2 saturated carbocycles. The molecular weight excluding hydrogens is 1830 g/mol. The third kappa shape index (κ3) is 28.2. The molecule has 4 aliphatic heterocycles. The number of rotatable bonds is 24. The molecular formula is C102H148N20O12S4. The number of amides is 8. The van der Waals surface area contributed by atoms with Crippen molar-refractivity contribution in [3.05, 3.63) is 114 Å². The van der Waals surface area contributed by atoms with Crippen molar-refractivity contribution in [2.75, 3.05) is 60.5 Å². The number of nitrogens with zero attached hydrogens (tertiary/aromatic N) is 12. The Hall–Kier alpha value is -10.1. The third-order valence-corrected chi connectivity index (χ3v) is 30.1. The van der Waals surface area contributed by atoms with Gasteiger partial charge in [-0.15, -0.1) is 45.3 Å². The third-order valence-electron chi connectivity index (χ3n) is 25.8. The minimum absolute atomic E-state index is 0.112.